The summed E-state index contributed by atoms with van der Waals surface area (Å²) in [6.45, 7) is 0.00661. The third kappa shape index (κ3) is 5.34. The van der Waals surface area contributed by atoms with Crippen LogP contribution in [0.25, 0.3) is 0 Å². The van der Waals surface area contributed by atoms with Crippen LogP contribution in [0.3, 0.4) is 0 Å². The fraction of sp³-hybridized carbons (Fsp3) is 0.579. The number of amides is 1. The van der Waals surface area contributed by atoms with Crippen molar-refractivity contribution in [2.45, 2.75) is 63.2 Å². The number of benzene rings is 1. The Hall–Kier alpha value is -1.88. The zero-order valence-electron chi connectivity index (χ0n) is 13.9. The summed E-state index contributed by atoms with van der Waals surface area (Å²) in [6.07, 6.45) is 6.72. The highest BCUT2D eigenvalue weighted by atomic mass is 16.5. The highest BCUT2D eigenvalue weighted by Crippen LogP contribution is 2.23. The van der Waals surface area contributed by atoms with Gasteiger partial charge in [-0.05, 0) is 44.1 Å². The summed E-state index contributed by atoms with van der Waals surface area (Å²) in [6, 6.07) is 9.01. The molecule has 2 saturated carbocycles. The first kappa shape index (κ1) is 17.0. The van der Waals surface area contributed by atoms with Gasteiger partial charge in [-0.25, -0.2) is 4.79 Å². The van der Waals surface area contributed by atoms with Crippen molar-refractivity contribution in [3.8, 4) is 0 Å². The lowest BCUT2D eigenvalue weighted by atomic mass is 10.1. The van der Waals surface area contributed by atoms with Crippen LogP contribution in [-0.2, 0) is 25.5 Å². The van der Waals surface area contributed by atoms with Crippen LogP contribution >= 0.6 is 0 Å². The molecule has 130 valence electrons. The zero-order chi connectivity index (χ0) is 16.8. The van der Waals surface area contributed by atoms with Crippen molar-refractivity contribution < 1.29 is 19.1 Å². The van der Waals surface area contributed by atoms with Crippen LogP contribution in [0.4, 0.5) is 0 Å². The molecule has 0 spiro atoms. The van der Waals surface area contributed by atoms with E-state index in [0.29, 0.717) is 6.42 Å². The smallest absolute Gasteiger partial charge is 0.329 e. The molecule has 0 heterocycles. The molecule has 3 rings (SSSR count). The van der Waals surface area contributed by atoms with Gasteiger partial charge in [0.05, 0.1) is 6.10 Å². The predicted octanol–water partition coefficient (Wildman–Crippen LogP) is 2.38. The summed E-state index contributed by atoms with van der Waals surface area (Å²) < 4.78 is 11.0. The quantitative estimate of drug-likeness (QED) is 0.743. The average molecular weight is 331 g/mol. The second kappa shape index (κ2) is 8.29. The Morgan fingerprint density at radius 1 is 1.04 bits per heavy atom. The molecule has 2 aliphatic carbocycles. The van der Waals surface area contributed by atoms with Crippen molar-refractivity contribution in [1.29, 1.82) is 0 Å². The van der Waals surface area contributed by atoms with Gasteiger partial charge in [0.15, 0.2) is 0 Å². The van der Waals surface area contributed by atoms with Crippen molar-refractivity contribution >= 4 is 11.9 Å². The van der Waals surface area contributed by atoms with Crippen LogP contribution in [-0.4, -0.2) is 36.7 Å². The van der Waals surface area contributed by atoms with Gasteiger partial charge < -0.3 is 14.8 Å². The second-order valence-corrected chi connectivity index (χ2v) is 6.66. The number of rotatable bonds is 8. The molecule has 5 nitrogen and oxygen atoms in total. The molecular weight excluding hydrogens is 306 g/mol. The molecule has 1 atom stereocenters. The van der Waals surface area contributed by atoms with Gasteiger partial charge in [0.25, 0.3) is 0 Å². The Labute approximate surface area is 142 Å². The molecule has 1 aromatic rings. The maximum Gasteiger partial charge on any atom is 0.329 e. The Morgan fingerprint density at radius 3 is 2.42 bits per heavy atom. The fourth-order valence-electron chi connectivity index (χ4n) is 2.96. The van der Waals surface area contributed by atoms with Gasteiger partial charge in [-0.3, -0.25) is 4.79 Å². The van der Waals surface area contributed by atoms with E-state index in [1.807, 2.05) is 30.3 Å². The molecule has 1 aromatic carbocycles. The number of carbonyl (C=O) groups is 2. The fourth-order valence-corrected chi connectivity index (χ4v) is 2.96. The van der Waals surface area contributed by atoms with E-state index in [0.717, 1.165) is 44.1 Å². The van der Waals surface area contributed by atoms with E-state index in [9.17, 15) is 9.59 Å². The van der Waals surface area contributed by atoms with Crippen molar-refractivity contribution in [3.05, 3.63) is 35.9 Å². The number of carbonyl (C=O) groups excluding carboxylic acids is 2. The lowest BCUT2D eigenvalue weighted by Gasteiger charge is -2.20. The molecule has 0 aromatic heterocycles. The van der Waals surface area contributed by atoms with Crippen LogP contribution in [0.1, 0.15) is 44.1 Å². The molecule has 2 aliphatic rings. The lowest BCUT2D eigenvalue weighted by molar-refractivity contribution is -0.153. The monoisotopic (exact) mass is 331 g/mol. The first-order chi connectivity index (χ1) is 11.7. The van der Waals surface area contributed by atoms with E-state index in [2.05, 4.69) is 5.32 Å². The van der Waals surface area contributed by atoms with Gasteiger partial charge in [0.1, 0.15) is 18.8 Å². The van der Waals surface area contributed by atoms with E-state index in [4.69, 9.17) is 9.47 Å². The first-order valence-electron chi connectivity index (χ1n) is 8.86. The van der Waals surface area contributed by atoms with Gasteiger partial charge in [-0.1, -0.05) is 30.3 Å². The number of nitrogens with one attached hydrogen (secondary N) is 1. The Bertz CT molecular complexity index is 550. The van der Waals surface area contributed by atoms with E-state index in [-0.39, 0.29) is 30.7 Å². The molecule has 0 radical (unpaired) electrons. The zero-order valence-corrected chi connectivity index (χ0v) is 13.9. The second-order valence-electron chi connectivity index (χ2n) is 6.66. The third-order valence-electron chi connectivity index (χ3n) is 4.46. The largest absolute Gasteiger partial charge is 0.461 e. The predicted molar refractivity (Wildman–Crippen MR) is 89.4 cm³/mol. The normalized spacial score (nSPS) is 19.0. The summed E-state index contributed by atoms with van der Waals surface area (Å²) in [5.74, 6) is -0.600. The molecular formula is C19H25NO4. The van der Waals surface area contributed by atoms with Crippen LogP contribution < -0.4 is 5.32 Å². The van der Waals surface area contributed by atoms with Crippen LogP contribution in [0.15, 0.2) is 30.3 Å². The summed E-state index contributed by atoms with van der Waals surface area (Å²) >= 11 is 0. The number of ether oxygens (including phenoxy) is 2. The maximum absolute atomic E-state index is 12.5. The SMILES string of the molecule is O=C(COC1CC1)N[C@@H](Cc1ccccc1)C(=O)OC1CCCC1. The number of esters is 1. The summed E-state index contributed by atoms with van der Waals surface area (Å²) in [5.41, 5.74) is 0.995. The molecule has 0 saturated heterocycles. The molecule has 24 heavy (non-hydrogen) atoms. The van der Waals surface area contributed by atoms with Crippen molar-refractivity contribution in [2.75, 3.05) is 6.61 Å². The minimum Gasteiger partial charge on any atom is -0.461 e. The van der Waals surface area contributed by atoms with Crippen molar-refractivity contribution in [3.63, 3.8) is 0 Å². The van der Waals surface area contributed by atoms with Crippen LogP contribution in [0.2, 0.25) is 0 Å². The topological polar surface area (TPSA) is 64.6 Å². The van der Waals surface area contributed by atoms with E-state index >= 15 is 0 Å². The van der Waals surface area contributed by atoms with Crippen LogP contribution in [0, 0.1) is 0 Å². The highest BCUT2D eigenvalue weighted by Gasteiger charge is 2.28. The Morgan fingerprint density at radius 2 is 1.75 bits per heavy atom. The lowest BCUT2D eigenvalue weighted by Crippen LogP contribution is -2.45. The first-order valence-corrected chi connectivity index (χ1v) is 8.86. The van der Waals surface area contributed by atoms with Gasteiger partial charge in [0.2, 0.25) is 5.91 Å². The maximum atomic E-state index is 12.5. The number of hydrogen-bond donors (Lipinski definition) is 1. The van der Waals surface area contributed by atoms with Gasteiger partial charge in [-0.15, -0.1) is 0 Å². The summed E-state index contributed by atoms with van der Waals surface area (Å²) in [7, 11) is 0. The average Bonchev–Trinajstić information content (AvgIpc) is 3.29. The van der Waals surface area contributed by atoms with E-state index in [1.54, 1.807) is 0 Å². The highest BCUT2D eigenvalue weighted by molar-refractivity contribution is 5.85. The molecule has 0 unspecified atom stereocenters. The van der Waals surface area contributed by atoms with Crippen molar-refractivity contribution in [2.24, 2.45) is 0 Å². The van der Waals surface area contributed by atoms with Gasteiger partial charge >= 0.3 is 5.97 Å². The molecule has 1 amide bonds. The van der Waals surface area contributed by atoms with Crippen LogP contribution in [0.5, 0.6) is 0 Å². The molecule has 0 aliphatic heterocycles. The summed E-state index contributed by atoms with van der Waals surface area (Å²) in [5, 5.41) is 2.78. The van der Waals surface area contributed by atoms with E-state index < -0.39 is 6.04 Å². The molecule has 1 N–H and O–H groups in total. The van der Waals surface area contributed by atoms with E-state index in [1.165, 1.54) is 0 Å². The Kier molecular flexibility index (Phi) is 5.86. The van der Waals surface area contributed by atoms with Gasteiger partial charge in [0, 0.05) is 6.42 Å². The third-order valence-corrected chi connectivity index (χ3v) is 4.46. The molecule has 0 bridgehead atoms. The van der Waals surface area contributed by atoms with Crippen molar-refractivity contribution in [1.82, 2.24) is 5.32 Å². The minimum atomic E-state index is -0.664. The standard InChI is InChI=1S/C19H25NO4/c21-18(13-23-15-10-11-15)20-17(12-14-6-2-1-3-7-14)19(22)24-16-8-4-5-9-16/h1-3,6-7,15-17H,4-5,8-13H2,(H,20,21)/t17-/m0/s1. The number of hydrogen-bond acceptors (Lipinski definition) is 4. The molecule has 5 heteroatoms. The Balaban J connectivity index is 1.57. The molecule has 2 fully saturated rings. The minimum absolute atomic E-state index is 0.00427. The van der Waals surface area contributed by atoms with Gasteiger partial charge in [-0.2, -0.15) is 0 Å². The summed E-state index contributed by atoms with van der Waals surface area (Å²) in [4.78, 5) is 24.6.